The number of aromatic nitrogens is 2. The zero-order chi connectivity index (χ0) is 11.8. The monoisotopic (exact) mass is 248 g/mol. The largest absolute Gasteiger partial charge is 0.463 e. The highest BCUT2D eigenvalue weighted by atomic mass is 35.5. The van der Waals surface area contributed by atoms with Crippen molar-refractivity contribution < 1.29 is 17.6 Å². The molecule has 7 heteroatoms. The van der Waals surface area contributed by atoms with E-state index in [9.17, 15) is 13.2 Å². The predicted molar refractivity (Wildman–Crippen MR) is 49.7 cm³/mol. The fourth-order valence-corrected chi connectivity index (χ4v) is 1.32. The molecule has 0 saturated heterocycles. The molecular weight excluding hydrogens is 245 g/mol. The van der Waals surface area contributed by atoms with Crippen LogP contribution in [-0.2, 0) is 6.18 Å². The molecule has 0 spiro atoms. The molecule has 0 amide bonds. The molecule has 0 unspecified atom stereocenters. The molecule has 2 aromatic rings. The fourth-order valence-electron chi connectivity index (χ4n) is 1.12. The predicted octanol–water partition coefficient (Wildman–Crippen LogP) is 3.41. The number of alkyl halides is 3. The smallest absolute Gasteiger partial charge is 0.419 e. The maximum atomic E-state index is 12.5. The number of nitrogens with zero attached hydrogens (tertiary/aromatic N) is 2. The van der Waals surface area contributed by atoms with Crippen LogP contribution >= 0.6 is 11.6 Å². The average Bonchev–Trinajstić information content (AvgIpc) is 2.69. The number of hydrogen-bond donors (Lipinski definition) is 0. The summed E-state index contributed by atoms with van der Waals surface area (Å²) in [6.45, 7) is 0. The van der Waals surface area contributed by atoms with Gasteiger partial charge in [-0.25, -0.2) is 0 Å². The minimum Gasteiger partial charge on any atom is -0.463 e. The molecule has 0 aliphatic carbocycles. The molecule has 2 heterocycles. The average molecular weight is 249 g/mol. The first-order valence-electron chi connectivity index (χ1n) is 4.13. The van der Waals surface area contributed by atoms with Gasteiger partial charge in [0.2, 0.25) is 0 Å². The van der Waals surface area contributed by atoms with Gasteiger partial charge in [-0.1, -0.05) is 11.6 Å². The lowest BCUT2D eigenvalue weighted by atomic mass is 10.2. The van der Waals surface area contributed by atoms with E-state index in [0.29, 0.717) is 0 Å². The van der Waals surface area contributed by atoms with E-state index in [1.165, 1.54) is 12.3 Å². The quantitative estimate of drug-likeness (QED) is 0.776. The number of furan rings is 1. The SMILES string of the molecule is FC(F)(F)c1cc(-c2ccco2)nnc1Cl. The Hall–Kier alpha value is -1.56. The highest BCUT2D eigenvalue weighted by Gasteiger charge is 2.35. The first-order chi connectivity index (χ1) is 7.48. The summed E-state index contributed by atoms with van der Waals surface area (Å²) in [6.07, 6.45) is -3.23. The lowest BCUT2D eigenvalue weighted by molar-refractivity contribution is -0.137. The summed E-state index contributed by atoms with van der Waals surface area (Å²) < 4.78 is 42.4. The highest BCUT2D eigenvalue weighted by molar-refractivity contribution is 6.30. The topological polar surface area (TPSA) is 38.9 Å². The van der Waals surface area contributed by atoms with Gasteiger partial charge in [0.05, 0.1) is 11.8 Å². The Labute approximate surface area is 92.9 Å². The first-order valence-corrected chi connectivity index (χ1v) is 4.50. The van der Waals surface area contributed by atoms with Gasteiger partial charge in [0, 0.05) is 0 Å². The van der Waals surface area contributed by atoms with Crippen LogP contribution in [0.1, 0.15) is 5.56 Å². The van der Waals surface area contributed by atoms with Gasteiger partial charge in [0.25, 0.3) is 0 Å². The summed E-state index contributed by atoms with van der Waals surface area (Å²) in [5, 5.41) is 6.08. The zero-order valence-electron chi connectivity index (χ0n) is 7.62. The lowest BCUT2D eigenvalue weighted by Gasteiger charge is -2.07. The Morgan fingerprint density at radius 1 is 1.25 bits per heavy atom. The highest BCUT2D eigenvalue weighted by Crippen LogP contribution is 2.35. The van der Waals surface area contributed by atoms with Crippen molar-refractivity contribution in [3.05, 3.63) is 35.2 Å². The van der Waals surface area contributed by atoms with Crippen LogP contribution < -0.4 is 0 Å². The third-order valence-electron chi connectivity index (χ3n) is 1.83. The molecule has 16 heavy (non-hydrogen) atoms. The fraction of sp³-hybridized carbons (Fsp3) is 0.111. The molecule has 0 saturated carbocycles. The van der Waals surface area contributed by atoms with Gasteiger partial charge in [-0.05, 0) is 18.2 Å². The van der Waals surface area contributed by atoms with Crippen LogP contribution in [0, 0.1) is 0 Å². The van der Waals surface area contributed by atoms with E-state index in [1.807, 2.05) is 0 Å². The van der Waals surface area contributed by atoms with Crippen molar-refractivity contribution in [1.29, 1.82) is 0 Å². The van der Waals surface area contributed by atoms with E-state index < -0.39 is 16.9 Å². The van der Waals surface area contributed by atoms with Crippen molar-refractivity contribution in [2.24, 2.45) is 0 Å². The van der Waals surface area contributed by atoms with Gasteiger partial charge < -0.3 is 4.42 Å². The Bertz CT molecular complexity index is 496. The molecule has 0 fully saturated rings. The lowest BCUT2D eigenvalue weighted by Crippen LogP contribution is -2.08. The van der Waals surface area contributed by atoms with Crippen LogP contribution in [0.25, 0.3) is 11.5 Å². The van der Waals surface area contributed by atoms with Crippen molar-refractivity contribution in [1.82, 2.24) is 10.2 Å². The molecule has 0 atom stereocenters. The summed E-state index contributed by atoms with van der Waals surface area (Å²) in [7, 11) is 0. The van der Waals surface area contributed by atoms with Crippen molar-refractivity contribution in [2.75, 3.05) is 0 Å². The second-order valence-corrected chi connectivity index (χ2v) is 3.27. The molecule has 2 rings (SSSR count). The minimum absolute atomic E-state index is 0.0123. The summed E-state index contributed by atoms with van der Waals surface area (Å²) in [6, 6.07) is 3.82. The van der Waals surface area contributed by atoms with Gasteiger partial charge in [-0.2, -0.15) is 13.2 Å². The Morgan fingerprint density at radius 2 is 2.00 bits per heavy atom. The Balaban J connectivity index is 2.52. The second kappa shape index (κ2) is 3.79. The molecule has 0 aliphatic heterocycles. The maximum Gasteiger partial charge on any atom is 0.419 e. The molecule has 84 valence electrons. The zero-order valence-corrected chi connectivity index (χ0v) is 8.38. The van der Waals surface area contributed by atoms with Crippen molar-refractivity contribution in [3.63, 3.8) is 0 Å². The van der Waals surface area contributed by atoms with Crippen LogP contribution in [0.3, 0.4) is 0 Å². The summed E-state index contributed by atoms with van der Waals surface area (Å²) in [5.74, 6) is 0.203. The Kier molecular flexibility index (Phi) is 2.59. The molecule has 2 aromatic heterocycles. The molecule has 0 radical (unpaired) electrons. The van der Waals surface area contributed by atoms with E-state index in [0.717, 1.165) is 6.07 Å². The summed E-state index contributed by atoms with van der Waals surface area (Å²) >= 11 is 5.32. The first kappa shape index (κ1) is 10.9. The van der Waals surface area contributed by atoms with E-state index in [1.54, 1.807) is 6.07 Å². The van der Waals surface area contributed by atoms with E-state index in [4.69, 9.17) is 16.0 Å². The van der Waals surface area contributed by atoms with Crippen LogP contribution in [0.15, 0.2) is 28.9 Å². The molecule has 0 N–H and O–H groups in total. The number of halogens is 4. The maximum absolute atomic E-state index is 12.5. The van der Waals surface area contributed by atoms with Crippen LogP contribution in [0.5, 0.6) is 0 Å². The standard InChI is InChI=1S/C9H4ClF3N2O/c10-8-5(9(11,12)13)4-6(14-15-8)7-2-1-3-16-7/h1-4H. The summed E-state index contributed by atoms with van der Waals surface area (Å²) in [5.41, 5.74) is -1.04. The third-order valence-corrected chi connectivity index (χ3v) is 2.11. The van der Waals surface area contributed by atoms with Crippen LogP contribution in [-0.4, -0.2) is 10.2 Å². The van der Waals surface area contributed by atoms with Gasteiger partial charge in [0.15, 0.2) is 10.9 Å². The van der Waals surface area contributed by atoms with Gasteiger partial charge in [-0.15, -0.1) is 10.2 Å². The molecule has 0 bridgehead atoms. The van der Waals surface area contributed by atoms with E-state index in [2.05, 4.69) is 10.2 Å². The van der Waals surface area contributed by atoms with Gasteiger partial charge in [0.1, 0.15) is 5.69 Å². The molecule has 3 nitrogen and oxygen atoms in total. The summed E-state index contributed by atoms with van der Waals surface area (Å²) in [4.78, 5) is 0. The second-order valence-electron chi connectivity index (χ2n) is 2.91. The van der Waals surface area contributed by atoms with Crippen molar-refractivity contribution >= 4 is 11.6 Å². The molecular formula is C9H4ClF3N2O. The van der Waals surface area contributed by atoms with Gasteiger partial charge >= 0.3 is 6.18 Å². The number of rotatable bonds is 1. The van der Waals surface area contributed by atoms with Crippen LogP contribution in [0.4, 0.5) is 13.2 Å². The van der Waals surface area contributed by atoms with E-state index >= 15 is 0 Å². The van der Waals surface area contributed by atoms with Crippen molar-refractivity contribution in [3.8, 4) is 11.5 Å². The van der Waals surface area contributed by atoms with Crippen LogP contribution in [0.2, 0.25) is 5.15 Å². The molecule has 0 aromatic carbocycles. The molecule has 0 aliphatic rings. The van der Waals surface area contributed by atoms with E-state index in [-0.39, 0.29) is 11.5 Å². The number of hydrogen-bond acceptors (Lipinski definition) is 3. The normalized spacial score (nSPS) is 11.8. The van der Waals surface area contributed by atoms with Crippen molar-refractivity contribution in [2.45, 2.75) is 6.18 Å². The minimum atomic E-state index is -4.56. The third kappa shape index (κ3) is 2.01. The Morgan fingerprint density at radius 3 is 2.56 bits per heavy atom. The van der Waals surface area contributed by atoms with Gasteiger partial charge in [-0.3, -0.25) is 0 Å².